The highest BCUT2D eigenvalue weighted by Gasteiger charge is 2.13. The fourth-order valence-electron chi connectivity index (χ4n) is 1.41. The zero-order valence-corrected chi connectivity index (χ0v) is 11.1. The molecule has 102 valence electrons. The maximum Gasteiger partial charge on any atom is 0.285 e. The Kier molecular flexibility index (Phi) is 4.11. The molecule has 1 N–H and O–H groups in total. The Hall–Kier alpha value is -2.68. The lowest BCUT2D eigenvalue weighted by Crippen LogP contribution is -2.17. The number of aromatic nitrogens is 2. The van der Waals surface area contributed by atoms with Gasteiger partial charge in [-0.25, -0.2) is 5.43 Å². The van der Waals surface area contributed by atoms with Crippen LogP contribution in [0.25, 0.3) is 0 Å². The molecule has 0 aliphatic heterocycles. The number of hydrogen-bond donors (Lipinski definition) is 1. The largest absolute Gasteiger partial charge is 0.285 e. The molecule has 0 aliphatic carbocycles. The Morgan fingerprint density at radius 3 is 2.90 bits per heavy atom. The normalized spacial score (nSPS) is 10.7. The van der Waals surface area contributed by atoms with Crippen molar-refractivity contribution in [3.63, 3.8) is 0 Å². The van der Waals surface area contributed by atoms with E-state index in [2.05, 4.69) is 20.1 Å². The van der Waals surface area contributed by atoms with Crippen molar-refractivity contribution >= 4 is 29.3 Å². The first-order valence-corrected chi connectivity index (χ1v) is 6.22. The lowest BCUT2D eigenvalue weighted by Gasteiger charge is -1.97. The van der Waals surface area contributed by atoms with Crippen molar-refractivity contribution in [1.82, 2.24) is 15.0 Å². The molecule has 8 nitrogen and oxygen atoms in total. The van der Waals surface area contributed by atoms with Crippen molar-refractivity contribution in [2.24, 2.45) is 5.10 Å². The minimum Gasteiger partial charge on any atom is -0.266 e. The van der Waals surface area contributed by atoms with Crippen LogP contribution in [0.1, 0.15) is 20.9 Å². The molecule has 0 fully saturated rings. The Balaban J connectivity index is 2.10. The van der Waals surface area contributed by atoms with E-state index in [9.17, 15) is 14.9 Å². The molecule has 0 aliphatic rings. The highest BCUT2D eigenvalue weighted by molar-refractivity contribution is 7.07. The number of para-hydroxylation sites is 1. The van der Waals surface area contributed by atoms with Crippen LogP contribution in [0.2, 0.25) is 0 Å². The predicted molar refractivity (Wildman–Crippen MR) is 72.8 cm³/mol. The van der Waals surface area contributed by atoms with E-state index in [1.165, 1.54) is 18.3 Å². The molecule has 1 amide bonds. The van der Waals surface area contributed by atoms with Crippen LogP contribution in [0.15, 0.2) is 29.4 Å². The summed E-state index contributed by atoms with van der Waals surface area (Å²) in [4.78, 5) is 22.3. The predicted octanol–water partition coefficient (Wildman–Crippen LogP) is 1.52. The van der Waals surface area contributed by atoms with Crippen LogP contribution in [0.4, 0.5) is 5.69 Å². The molecule has 2 rings (SSSR count). The monoisotopic (exact) mass is 291 g/mol. The maximum absolute atomic E-state index is 11.7. The summed E-state index contributed by atoms with van der Waals surface area (Å²) in [7, 11) is 0. The molecule has 1 heterocycles. The summed E-state index contributed by atoms with van der Waals surface area (Å²) in [5, 5.41) is 18.2. The smallest absolute Gasteiger partial charge is 0.266 e. The molecule has 1 aromatic carbocycles. The number of nitrogens with zero attached hydrogens (tertiary/aromatic N) is 4. The third kappa shape index (κ3) is 3.01. The van der Waals surface area contributed by atoms with Gasteiger partial charge in [-0.1, -0.05) is 16.6 Å². The average molecular weight is 291 g/mol. The summed E-state index contributed by atoms with van der Waals surface area (Å²) in [6, 6.07) is 6.10. The fourth-order valence-corrected chi connectivity index (χ4v) is 1.96. The quantitative estimate of drug-likeness (QED) is 0.521. The fraction of sp³-hybridized carbons (Fsp3) is 0.0909. The van der Waals surface area contributed by atoms with Crippen LogP contribution >= 0.6 is 11.5 Å². The number of benzene rings is 1. The maximum atomic E-state index is 11.7. The van der Waals surface area contributed by atoms with Gasteiger partial charge in [0.15, 0.2) is 0 Å². The number of nitro benzene ring substituents is 1. The molecule has 0 bridgehead atoms. The van der Waals surface area contributed by atoms with Gasteiger partial charge in [-0.05, 0) is 24.5 Å². The Morgan fingerprint density at radius 1 is 1.50 bits per heavy atom. The van der Waals surface area contributed by atoms with Crippen LogP contribution in [0.5, 0.6) is 0 Å². The van der Waals surface area contributed by atoms with Crippen LogP contribution in [0, 0.1) is 17.0 Å². The summed E-state index contributed by atoms with van der Waals surface area (Å²) >= 11 is 0.957. The summed E-state index contributed by atoms with van der Waals surface area (Å²) < 4.78 is 3.64. The van der Waals surface area contributed by atoms with E-state index < -0.39 is 10.8 Å². The Labute approximate surface area is 117 Å². The second kappa shape index (κ2) is 5.97. The Morgan fingerprint density at radius 2 is 2.25 bits per heavy atom. The van der Waals surface area contributed by atoms with Gasteiger partial charge in [0.05, 0.1) is 22.4 Å². The summed E-state index contributed by atoms with van der Waals surface area (Å²) in [5.74, 6) is -0.452. The van der Waals surface area contributed by atoms with Gasteiger partial charge in [0.25, 0.3) is 11.6 Å². The molecule has 9 heteroatoms. The van der Waals surface area contributed by atoms with E-state index in [1.54, 1.807) is 19.1 Å². The van der Waals surface area contributed by atoms with E-state index in [0.717, 1.165) is 11.5 Å². The zero-order valence-electron chi connectivity index (χ0n) is 10.3. The zero-order chi connectivity index (χ0) is 14.5. The minimum absolute atomic E-state index is 0.0823. The number of carbonyl (C=O) groups excluding carboxylic acids is 1. The van der Waals surface area contributed by atoms with Gasteiger partial charge in [-0.15, -0.1) is 5.10 Å². The lowest BCUT2D eigenvalue weighted by atomic mass is 10.2. The second-order valence-electron chi connectivity index (χ2n) is 3.70. The highest BCUT2D eigenvalue weighted by Crippen LogP contribution is 2.15. The number of aryl methyl sites for hydroxylation is 1. The average Bonchev–Trinajstić information content (AvgIpc) is 2.85. The number of nitrogens with one attached hydrogen (secondary N) is 1. The van der Waals surface area contributed by atoms with Gasteiger partial charge in [-0.2, -0.15) is 5.10 Å². The number of hydrazone groups is 1. The number of rotatable bonds is 4. The Bertz CT molecular complexity index is 682. The van der Waals surface area contributed by atoms with E-state index in [-0.39, 0.29) is 5.69 Å². The van der Waals surface area contributed by atoms with Crippen molar-refractivity contribution in [3.05, 3.63) is 50.5 Å². The molecule has 0 saturated heterocycles. The van der Waals surface area contributed by atoms with E-state index in [1.807, 2.05) is 0 Å². The van der Waals surface area contributed by atoms with E-state index >= 15 is 0 Å². The number of hydrogen-bond acceptors (Lipinski definition) is 7. The SMILES string of the molecule is Cc1nnsc1C(=O)NN=Cc1ccccc1[N+](=O)[O-]. The molecule has 2 aromatic rings. The molecule has 20 heavy (non-hydrogen) atoms. The van der Waals surface area contributed by atoms with Crippen molar-refractivity contribution < 1.29 is 9.72 Å². The van der Waals surface area contributed by atoms with Gasteiger partial charge in [0, 0.05) is 6.07 Å². The molecule has 0 spiro atoms. The third-order valence-corrected chi connectivity index (χ3v) is 3.19. The molecular formula is C11H9N5O3S. The molecule has 0 unspecified atom stereocenters. The standard InChI is InChI=1S/C11H9N5O3S/c1-7-10(20-15-13-7)11(17)14-12-6-8-4-2-3-5-9(8)16(18)19/h2-6H,1H3,(H,14,17). The van der Waals surface area contributed by atoms with Gasteiger partial charge in [-0.3, -0.25) is 14.9 Å². The number of amides is 1. The first-order valence-electron chi connectivity index (χ1n) is 5.45. The molecule has 1 aromatic heterocycles. The first-order chi connectivity index (χ1) is 9.59. The van der Waals surface area contributed by atoms with E-state index in [4.69, 9.17) is 0 Å². The number of carbonyl (C=O) groups is 1. The van der Waals surface area contributed by atoms with Crippen molar-refractivity contribution in [1.29, 1.82) is 0 Å². The molecular weight excluding hydrogens is 282 g/mol. The van der Waals surface area contributed by atoms with Crippen LogP contribution in [-0.4, -0.2) is 26.6 Å². The van der Waals surface area contributed by atoms with Crippen molar-refractivity contribution in [2.75, 3.05) is 0 Å². The van der Waals surface area contributed by atoms with Gasteiger partial charge in [0.2, 0.25) is 0 Å². The summed E-state index contributed by atoms with van der Waals surface area (Å²) in [5.41, 5.74) is 3.01. The first kappa shape index (κ1) is 13.7. The highest BCUT2D eigenvalue weighted by atomic mass is 32.1. The topological polar surface area (TPSA) is 110 Å². The van der Waals surface area contributed by atoms with Gasteiger partial charge >= 0.3 is 0 Å². The lowest BCUT2D eigenvalue weighted by molar-refractivity contribution is -0.385. The van der Waals surface area contributed by atoms with Crippen LogP contribution < -0.4 is 5.43 Å². The molecule has 0 radical (unpaired) electrons. The van der Waals surface area contributed by atoms with Gasteiger partial charge < -0.3 is 0 Å². The van der Waals surface area contributed by atoms with E-state index in [0.29, 0.717) is 16.1 Å². The van der Waals surface area contributed by atoms with Crippen LogP contribution in [-0.2, 0) is 0 Å². The van der Waals surface area contributed by atoms with Crippen molar-refractivity contribution in [2.45, 2.75) is 6.92 Å². The minimum atomic E-state index is -0.513. The second-order valence-corrected chi connectivity index (χ2v) is 4.46. The molecule has 0 saturated carbocycles. The number of nitro groups is 1. The van der Waals surface area contributed by atoms with Crippen molar-refractivity contribution in [3.8, 4) is 0 Å². The summed E-state index contributed by atoms with van der Waals surface area (Å²) in [6.07, 6.45) is 1.22. The third-order valence-electron chi connectivity index (χ3n) is 2.36. The summed E-state index contributed by atoms with van der Waals surface area (Å²) in [6.45, 7) is 1.66. The molecule has 0 atom stereocenters. The van der Waals surface area contributed by atoms with Crippen LogP contribution in [0.3, 0.4) is 0 Å². The van der Waals surface area contributed by atoms with Gasteiger partial charge in [0.1, 0.15) is 4.88 Å².